The van der Waals surface area contributed by atoms with E-state index >= 15 is 0 Å². The molecule has 2 rings (SSSR count). The topological polar surface area (TPSA) is 68.4 Å². The van der Waals surface area contributed by atoms with Gasteiger partial charge in [-0.15, -0.1) is 13.2 Å². The fraction of sp³-hybridized carbons (Fsp3) is 0.182. The molecule has 1 atom stereocenters. The fourth-order valence-corrected chi connectivity index (χ4v) is 2.20. The Balaban J connectivity index is 2.34. The van der Waals surface area contributed by atoms with Gasteiger partial charge in [-0.2, -0.15) is 0 Å². The Hall–Kier alpha value is -1.80. The molecule has 0 bridgehead atoms. The van der Waals surface area contributed by atoms with E-state index in [1.165, 1.54) is 24.4 Å². The predicted octanol–water partition coefficient (Wildman–Crippen LogP) is 2.71. The summed E-state index contributed by atoms with van der Waals surface area (Å²) in [6.07, 6.45) is -4.77. The van der Waals surface area contributed by atoms with Gasteiger partial charge in [0.15, 0.2) is 5.13 Å². The van der Waals surface area contributed by atoms with Gasteiger partial charge in [0.2, 0.25) is 0 Å². The van der Waals surface area contributed by atoms with Crippen LogP contribution in [0.4, 0.5) is 18.3 Å². The molecule has 0 saturated carbocycles. The van der Waals surface area contributed by atoms with Crippen LogP contribution in [0, 0.1) is 0 Å². The highest BCUT2D eigenvalue weighted by molar-refractivity contribution is 7.15. The number of aliphatic hydroxyl groups is 1. The van der Waals surface area contributed by atoms with Gasteiger partial charge in [0.05, 0.1) is 4.88 Å². The first-order chi connectivity index (χ1) is 8.87. The number of nitrogens with zero attached hydrogens (tertiary/aromatic N) is 1. The van der Waals surface area contributed by atoms with Crippen LogP contribution in [0.1, 0.15) is 16.5 Å². The molecule has 0 aliphatic rings. The molecule has 102 valence electrons. The second-order valence-electron chi connectivity index (χ2n) is 3.59. The lowest BCUT2D eigenvalue weighted by Crippen LogP contribution is -2.18. The number of benzene rings is 1. The highest BCUT2D eigenvalue weighted by Crippen LogP contribution is 2.35. The van der Waals surface area contributed by atoms with Gasteiger partial charge in [0.1, 0.15) is 11.9 Å². The monoisotopic (exact) mass is 290 g/mol. The van der Waals surface area contributed by atoms with Crippen molar-refractivity contribution in [2.45, 2.75) is 12.5 Å². The van der Waals surface area contributed by atoms with Crippen LogP contribution in [0.5, 0.6) is 5.75 Å². The average Bonchev–Trinajstić information content (AvgIpc) is 2.74. The predicted molar refractivity (Wildman–Crippen MR) is 63.7 cm³/mol. The number of aromatic nitrogens is 1. The Morgan fingerprint density at radius 3 is 2.58 bits per heavy atom. The zero-order chi connectivity index (χ0) is 14.0. The van der Waals surface area contributed by atoms with E-state index < -0.39 is 18.2 Å². The number of hydrogen-bond acceptors (Lipinski definition) is 5. The van der Waals surface area contributed by atoms with Crippen molar-refractivity contribution in [3.63, 3.8) is 0 Å². The average molecular weight is 290 g/mol. The van der Waals surface area contributed by atoms with Gasteiger partial charge in [-0.3, -0.25) is 0 Å². The number of alkyl halides is 3. The van der Waals surface area contributed by atoms with Gasteiger partial charge in [0.25, 0.3) is 0 Å². The molecule has 0 saturated heterocycles. The summed E-state index contributed by atoms with van der Waals surface area (Å²) in [5, 5.41) is 10.3. The van der Waals surface area contributed by atoms with E-state index in [0.29, 0.717) is 4.88 Å². The Morgan fingerprint density at radius 1 is 1.32 bits per heavy atom. The maximum absolute atomic E-state index is 12.3. The third-order valence-corrected chi connectivity index (χ3v) is 3.13. The molecule has 19 heavy (non-hydrogen) atoms. The smallest absolute Gasteiger partial charge is 0.405 e. The number of halogens is 3. The molecule has 8 heteroatoms. The SMILES string of the molecule is Nc1ncc(C(O)c2ccccc2OC(F)(F)F)s1. The van der Waals surface area contributed by atoms with Gasteiger partial charge in [-0.05, 0) is 6.07 Å². The van der Waals surface area contributed by atoms with Crippen LogP contribution in [-0.4, -0.2) is 16.5 Å². The van der Waals surface area contributed by atoms with E-state index in [2.05, 4.69) is 9.72 Å². The van der Waals surface area contributed by atoms with E-state index in [1.54, 1.807) is 0 Å². The van der Waals surface area contributed by atoms with E-state index in [-0.39, 0.29) is 10.7 Å². The second kappa shape index (κ2) is 5.06. The summed E-state index contributed by atoms with van der Waals surface area (Å²) in [6, 6.07) is 5.38. The van der Waals surface area contributed by atoms with Crippen LogP contribution in [0.3, 0.4) is 0 Å². The number of nitrogen functional groups attached to an aromatic ring is 1. The van der Waals surface area contributed by atoms with E-state index in [1.807, 2.05) is 0 Å². The van der Waals surface area contributed by atoms with Crippen molar-refractivity contribution < 1.29 is 23.0 Å². The molecular weight excluding hydrogens is 281 g/mol. The summed E-state index contributed by atoms with van der Waals surface area (Å²) in [5.74, 6) is -0.450. The number of rotatable bonds is 3. The van der Waals surface area contributed by atoms with Gasteiger partial charge in [-0.1, -0.05) is 29.5 Å². The molecule has 0 amide bonds. The second-order valence-corrected chi connectivity index (χ2v) is 4.68. The quantitative estimate of drug-likeness (QED) is 0.912. The molecule has 1 unspecified atom stereocenters. The molecule has 3 N–H and O–H groups in total. The molecule has 1 aromatic heterocycles. The van der Waals surface area contributed by atoms with Crippen molar-refractivity contribution in [3.8, 4) is 5.75 Å². The lowest BCUT2D eigenvalue weighted by molar-refractivity contribution is -0.275. The van der Waals surface area contributed by atoms with Crippen LogP contribution < -0.4 is 10.5 Å². The molecule has 0 fully saturated rings. The summed E-state index contributed by atoms with van der Waals surface area (Å²) < 4.78 is 40.6. The molecule has 2 aromatic rings. The molecule has 1 aromatic carbocycles. The number of thiazole rings is 1. The third-order valence-electron chi connectivity index (χ3n) is 2.25. The first kappa shape index (κ1) is 13.6. The molecule has 4 nitrogen and oxygen atoms in total. The molecule has 0 radical (unpaired) electrons. The van der Waals surface area contributed by atoms with Crippen LogP contribution in [0.15, 0.2) is 30.5 Å². The van der Waals surface area contributed by atoms with Crippen molar-refractivity contribution >= 4 is 16.5 Å². The number of nitrogens with two attached hydrogens (primary N) is 1. The Labute approximate surface area is 110 Å². The molecule has 0 spiro atoms. The number of anilines is 1. The van der Waals surface area contributed by atoms with Crippen LogP contribution >= 0.6 is 11.3 Å². The van der Waals surface area contributed by atoms with Crippen molar-refractivity contribution in [1.29, 1.82) is 0 Å². The standard InChI is InChI=1S/C11H9F3N2O2S/c12-11(13,14)18-7-4-2-1-3-6(7)9(17)8-5-16-10(15)19-8/h1-5,9,17H,(H2,15,16). The minimum absolute atomic E-state index is 0.00322. The molecular formula is C11H9F3N2O2S. The highest BCUT2D eigenvalue weighted by atomic mass is 32.1. The van der Waals surface area contributed by atoms with Gasteiger partial charge in [0, 0.05) is 11.8 Å². The number of para-hydroxylation sites is 1. The first-order valence-corrected chi connectivity index (χ1v) is 5.92. The van der Waals surface area contributed by atoms with Crippen molar-refractivity contribution in [3.05, 3.63) is 40.9 Å². The van der Waals surface area contributed by atoms with Crippen molar-refractivity contribution in [1.82, 2.24) is 4.98 Å². The molecule has 0 aliphatic carbocycles. The summed E-state index contributed by atoms with van der Waals surface area (Å²) in [4.78, 5) is 4.08. The normalized spacial score (nSPS) is 13.3. The van der Waals surface area contributed by atoms with E-state index in [0.717, 1.165) is 17.4 Å². The van der Waals surface area contributed by atoms with Crippen molar-refractivity contribution in [2.24, 2.45) is 0 Å². The zero-order valence-corrected chi connectivity index (χ0v) is 10.2. The van der Waals surface area contributed by atoms with E-state index in [4.69, 9.17) is 5.73 Å². The number of hydrogen-bond donors (Lipinski definition) is 2. The maximum Gasteiger partial charge on any atom is 0.573 e. The Kier molecular flexibility index (Phi) is 3.63. The lowest BCUT2D eigenvalue weighted by Gasteiger charge is -2.15. The number of aliphatic hydroxyl groups excluding tert-OH is 1. The Morgan fingerprint density at radius 2 is 2.00 bits per heavy atom. The Bertz CT molecular complexity index is 571. The lowest BCUT2D eigenvalue weighted by atomic mass is 10.1. The molecule has 1 heterocycles. The summed E-state index contributed by atoms with van der Waals surface area (Å²) in [5.41, 5.74) is 5.42. The van der Waals surface area contributed by atoms with Crippen LogP contribution in [-0.2, 0) is 0 Å². The summed E-state index contributed by atoms with van der Waals surface area (Å²) in [6.45, 7) is 0. The maximum atomic E-state index is 12.3. The zero-order valence-electron chi connectivity index (χ0n) is 9.39. The highest BCUT2D eigenvalue weighted by Gasteiger charge is 2.33. The third kappa shape index (κ3) is 3.36. The van der Waals surface area contributed by atoms with Gasteiger partial charge < -0.3 is 15.6 Å². The van der Waals surface area contributed by atoms with Crippen molar-refractivity contribution in [2.75, 3.05) is 5.73 Å². The first-order valence-electron chi connectivity index (χ1n) is 5.11. The van der Waals surface area contributed by atoms with Gasteiger partial charge >= 0.3 is 6.36 Å². The number of ether oxygens (including phenoxy) is 1. The largest absolute Gasteiger partial charge is 0.573 e. The summed E-state index contributed by atoms with van der Waals surface area (Å²) >= 11 is 0.997. The van der Waals surface area contributed by atoms with Crippen LogP contribution in [0.2, 0.25) is 0 Å². The minimum atomic E-state index is -4.82. The van der Waals surface area contributed by atoms with E-state index in [9.17, 15) is 18.3 Å². The van der Waals surface area contributed by atoms with Crippen LogP contribution in [0.25, 0.3) is 0 Å². The fourth-order valence-electron chi connectivity index (χ4n) is 1.50. The van der Waals surface area contributed by atoms with Gasteiger partial charge in [-0.25, -0.2) is 4.98 Å². The molecule has 0 aliphatic heterocycles. The summed E-state index contributed by atoms with van der Waals surface area (Å²) in [7, 11) is 0. The minimum Gasteiger partial charge on any atom is -0.405 e.